The van der Waals surface area contributed by atoms with Crippen molar-refractivity contribution in [2.24, 2.45) is 0 Å². The first-order valence-corrected chi connectivity index (χ1v) is 14.7. The summed E-state index contributed by atoms with van der Waals surface area (Å²) in [4.78, 5) is 32.3. The van der Waals surface area contributed by atoms with E-state index in [-0.39, 0.29) is 24.7 Å². The molecule has 1 aromatic carbocycles. The monoisotopic (exact) mass is 572 g/mol. The van der Waals surface area contributed by atoms with Crippen LogP contribution in [0.5, 0.6) is 0 Å². The fourth-order valence-corrected chi connectivity index (χ4v) is 6.47. The molecule has 1 amide bonds. The van der Waals surface area contributed by atoms with Gasteiger partial charge in [-0.05, 0) is 68.9 Å². The molecule has 212 valence electrons. The minimum atomic E-state index is -1.02. The molecule has 3 aromatic heterocycles. The lowest BCUT2D eigenvalue weighted by Gasteiger charge is -2.36. The van der Waals surface area contributed by atoms with Gasteiger partial charge in [-0.15, -0.1) is 0 Å². The number of amides is 1. The van der Waals surface area contributed by atoms with E-state index in [1.54, 1.807) is 18.3 Å². The zero-order valence-electron chi connectivity index (χ0n) is 23.4. The summed E-state index contributed by atoms with van der Waals surface area (Å²) in [5.74, 6) is 0.688. The minimum absolute atomic E-state index is 0.148. The number of nitrogens with one attached hydrogen (secondary N) is 1. The Labute approximate surface area is 243 Å². The number of anilines is 1. The van der Waals surface area contributed by atoms with E-state index in [1.807, 2.05) is 54.4 Å². The Morgan fingerprint density at radius 2 is 1.85 bits per heavy atom. The number of halogens is 1. The highest BCUT2D eigenvalue weighted by atomic mass is 32.2. The predicted octanol–water partition coefficient (Wildman–Crippen LogP) is 5.07. The molecule has 2 aliphatic rings. The van der Waals surface area contributed by atoms with Gasteiger partial charge in [0.2, 0.25) is 0 Å². The molecule has 0 saturated carbocycles. The van der Waals surface area contributed by atoms with Gasteiger partial charge in [0.15, 0.2) is 5.50 Å². The number of pyridine rings is 3. The summed E-state index contributed by atoms with van der Waals surface area (Å²) < 4.78 is 20.1. The van der Waals surface area contributed by atoms with E-state index in [2.05, 4.69) is 29.0 Å². The average molecular weight is 573 g/mol. The Morgan fingerprint density at radius 1 is 1.05 bits per heavy atom. The van der Waals surface area contributed by atoms with Crippen LogP contribution in [0.25, 0.3) is 22.3 Å². The Kier molecular flexibility index (Phi) is 7.88. The second kappa shape index (κ2) is 11.7. The fourth-order valence-electron chi connectivity index (χ4n) is 5.39. The van der Waals surface area contributed by atoms with Crippen LogP contribution in [0, 0.1) is 0 Å². The number of thioether (sulfide) groups is 1. The number of benzene rings is 1. The van der Waals surface area contributed by atoms with Crippen LogP contribution in [-0.4, -0.2) is 70.2 Å². The van der Waals surface area contributed by atoms with Gasteiger partial charge in [0, 0.05) is 48.2 Å². The van der Waals surface area contributed by atoms with Crippen LogP contribution in [0.4, 0.5) is 10.2 Å². The van der Waals surface area contributed by atoms with Gasteiger partial charge in [0.05, 0.1) is 41.4 Å². The number of hydrogen-bond donors (Lipinski definition) is 1. The van der Waals surface area contributed by atoms with Crippen LogP contribution in [0.2, 0.25) is 0 Å². The first-order valence-electron chi connectivity index (χ1n) is 13.8. The molecular formula is C31H33FN6O2S. The maximum absolute atomic E-state index is 14.3. The van der Waals surface area contributed by atoms with E-state index in [0.717, 1.165) is 51.7 Å². The van der Waals surface area contributed by atoms with Crippen LogP contribution in [0.3, 0.4) is 0 Å². The van der Waals surface area contributed by atoms with Crippen molar-refractivity contribution in [2.45, 2.75) is 49.5 Å². The van der Waals surface area contributed by atoms with E-state index in [9.17, 15) is 9.18 Å². The van der Waals surface area contributed by atoms with Gasteiger partial charge >= 0.3 is 0 Å². The van der Waals surface area contributed by atoms with E-state index < -0.39 is 5.50 Å². The second-order valence-corrected chi connectivity index (χ2v) is 12.0. The van der Waals surface area contributed by atoms with Crippen LogP contribution >= 0.6 is 11.8 Å². The molecule has 0 aliphatic carbocycles. The molecular weight excluding hydrogens is 539 g/mol. The summed E-state index contributed by atoms with van der Waals surface area (Å²) in [6, 6.07) is 17.3. The second-order valence-electron chi connectivity index (χ2n) is 10.8. The number of carbonyl (C=O) groups excluding carboxylic acids is 1. The Hall–Kier alpha value is -3.60. The van der Waals surface area contributed by atoms with Gasteiger partial charge in [-0.3, -0.25) is 14.7 Å². The van der Waals surface area contributed by atoms with Gasteiger partial charge in [-0.25, -0.2) is 14.4 Å². The van der Waals surface area contributed by atoms with Crippen LogP contribution in [0.1, 0.15) is 35.5 Å². The van der Waals surface area contributed by atoms with Gasteiger partial charge in [-0.1, -0.05) is 23.9 Å². The van der Waals surface area contributed by atoms with Gasteiger partial charge < -0.3 is 15.0 Å². The van der Waals surface area contributed by atoms with Crippen molar-refractivity contribution in [2.75, 3.05) is 31.6 Å². The lowest BCUT2D eigenvalue weighted by Crippen LogP contribution is -2.45. The maximum atomic E-state index is 14.3. The van der Waals surface area contributed by atoms with E-state index in [0.29, 0.717) is 24.3 Å². The quantitative estimate of drug-likeness (QED) is 0.355. The molecule has 6 rings (SSSR count). The van der Waals surface area contributed by atoms with Gasteiger partial charge in [0.1, 0.15) is 5.82 Å². The van der Waals surface area contributed by atoms with Crippen molar-refractivity contribution in [3.05, 3.63) is 77.6 Å². The largest absolute Gasteiger partial charge is 0.372 e. The normalized spacial score (nSPS) is 21.4. The number of rotatable bonds is 5. The van der Waals surface area contributed by atoms with Crippen molar-refractivity contribution in [1.82, 2.24) is 25.2 Å². The maximum Gasteiger partial charge on any atom is 0.251 e. The van der Waals surface area contributed by atoms with Crippen molar-refractivity contribution >= 4 is 34.4 Å². The zero-order valence-corrected chi connectivity index (χ0v) is 24.2. The third-order valence-corrected chi connectivity index (χ3v) is 8.32. The molecule has 41 heavy (non-hydrogen) atoms. The summed E-state index contributed by atoms with van der Waals surface area (Å²) in [5.41, 5.74) is 3.55. The van der Waals surface area contributed by atoms with Crippen LogP contribution < -0.4 is 10.2 Å². The highest BCUT2D eigenvalue weighted by Gasteiger charge is 2.24. The summed E-state index contributed by atoms with van der Waals surface area (Å²) in [5, 5.41) is 3.86. The van der Waals surface area contributed by atoms with E-state index in [1.165, 1.54) is 11.8 Å². The highest BCUT2D eigenvalue weighted by molar-refractivity contribution is 7.99. The third-order valence-electron chi connectivity index (χ3n) is 7.28. The number of morpholine rings is 1. The summed E-state index contributed by atoms with van der Waals surface area (Å²) in [6.07, 6.45) is 2.06. The van der Waals surface area contributed by atoms with Crippen molar-refractivity contribution in [3.63, 3.8) is 0 Å². The van der Waals surface area contributed by atoms with E-state index in [4.69, 9.17) is 14.7 Å². The number of alkyl halides is 1. The van der Waals surface area contributed by atoms with Gasteiger partial charge in [-0.2, -0.15) is 0 Å². The van der Waals surface area contributed by atoms with E-state index >= 15 is 0 Å². The number of fused-ring (bicyclic) bond motifs is 2. The first-order chi connectivity index (χ1) is 19.8. The Bertz CT molecular complexity index is 1580. The molecule has 3 atom stereocenters. The molecule has 8 nitrogen and oxygen atoms in total. The SMILES string of the molecule is C[C@@H]1CN(c2cccc(-c3ccc4cnc(CNC(=O)c5ccc6c(c5)S[C@@H](F)CN(C)C6)cc4n3)n2)C[C@H](C)O1. The summed E-state index contributed by atoms with van der Waals surface area (Å²) in [7, 11) is 1.90. The fraction of sp³-hybridized carbons (Fsp3) is 0.355. The van der Waals surface area contributed by atoms with Crippen LogP contribution in [-0.2, 0) is 17.8 Å². The zero-order chi connectivity index (χ0) is 28.5. The summed E-state index contributed by atoms with van der Waals surface area (Å²) >= 11 is 1.17. The third kappa shape index (κ3) is 6.34. The Balaban J connectivity index is 1.17. The molecule has 1 saturated heterocycles. The first kappa shape index (κ1) is 27.6. The number of hydrogen-bond acceptors (Lipinski definition) is 8. The molecule has 10 heteroatoms. The lowest BCUT2D eigenvalue weighted by atomic mass is 10.1. The van der Waals surface area contributed by atoms with Crippen molar-refractivity contribution in [3.8, 4) is 11.4 Å². The molecule has 1 fully saturated rings. The standard InChI is InChI=1S/C31H33FN6O2S/c1-19-15-38(16-20(2)40-19)30-6-4-5-25(36-30)26-10-9-22-13-33-24(12-27(22)35-26)14-34-31(39)21-7-8-23-17-37(3)18-29(32)41-28(23)11-21/h4-13,19-20,29H,14-18H2,1-3H3,(H,34,39)/t19-,20+,29-/m1/s1. The number of aromatic nitrogens is 3. The molecule has 0 bridgehead atoms. The molecule has 0 spiro atoms. The van der Waals surface area contributed by atoms with Gasteiger partial charge in [0.25, 0.3) is 5.91 Å². The molecule has 0 unspecified atom stereocenters. The lowest BCUT2D eigenvalue weighted by molar-refractivity contribution is -0.00545. The highest BCUT2D eigenvalue weighted by Crippen LogP contribution is 2.33. The molecule has 1 N–H and O–H groups in total. The Morgan fingerprint density at radius 3 is 2.68 bits per heavy atom. The topological polar surface area (TPSA) is 83.5 Å². The number of nitrogens with zero attached hydrogens (tertiary/aromatic N) is 5. The smallest absolute Gasteiger partial charge is 0.251 e. The van der Waals surface area contributed by atoms with Crippen molar-refractivity contribution in [1.29, 1.82) is 0 Å². The number of carbonyl (C=O) groups is 1. The number of ether oxygens (including phenoxy) is 1. The minimum Gasteiger partial charge on any atom is -0.372 e. The molecule has 5 heterocycles. The molecule has 0 radical (unpaired) electrons. The molecule has 4 aromatic rings. The summed E-state index contributed by atoms with van der Waals surface area (Å²) in [6.45, 7) is 7.02. The average Bonchev–Trinajstić information content (AvgIpc) is 3.10. The van der Waals surface area contributed by atoms with Crippen LogP contribution in [0.15, 0.2) is 65.7 Å². The molecule has 2 aliphatic heterocycles. The van der Waals surface area contributed by atoms with Crippen molar-refractivity contribution < 1.29 is 13.9 Å². The predicted molar refractivity (Wildman–Crippen MR) is 160 cm³/mol.